The average molecular weight is 238 g/mol. The van der Waals surface area contributed by atoms with Gasteiger partial charge >= 0.3 is 0 Å². The average Bonchev–Trinajstić information content (AvgIpc) is 2.34. The van der Waals surface area contributed by atoms with Crippen LogP contribution in [-0.2, 0) is 6.42 Å². The van der Waals surface area contributed by atoms with Crippen molar-refractivity contribution < 1.29 is 4.79 Å². The molecule has 0 saturated heterocycles. The summed E-state index contributed by atoms with van der Waals surface area (Å²) in [6, 6.07) is 14.5. The maximum atomic E-state index is 11.6. The standard InChI is InChI=1S/C17H18O/c1-12-9-16(11-15-7-5-4-6-8-15)13(2)17(10-12)14(3)18/h4-10H,11H2,1-3H3. The van der Waals surface area contributed by atoms with E-state index in [-0.39, 0.29) is 5.78 Å². The Hall–Kier alpha value is -1.89. The van der Waals surface area contributed by atoms with Gasteiger partial charge in [-0.15, -0.1) is 0 Å². The molecule has 2 aromatic carbocycles. The van der Waals surface area contributed by atoms with E-state index in [4.69, 9.17) is 0 Å². The Balaban J connectivity index is 2.42. The van der Waals surface area contributed by atoms with Gasteiger partial charge in [0.15, 0.2) is 5.78 Å². The van der Waals surface area contributed by atoms with Crippen molar-refractivity contribution in [2.24, 2.45) is 0 Å². The van der Waals surface area contributed by atoms with Crippen molar-refractivity contribution in [3.05, 3.63) is 70.3 Å². The maximum Gasteiger partial charge on any atom is 0.160 e. The number of aryl methyl sites for hydroxylation is 1. The number of Topliss-reactive ketones (excluding diaryl/α,β-unsaturated/α-hetero) is 1. The first-order valence-electron chi connectivity index (χ1n) is 6.23. The van der Waals surface area contributed by atoms with Gasteiger partial charge in [0.25, 0.3) is 0 Å². The molecule has 0 heterocycles. The molecule has 0 aliphatic carbocycles. The number of carbonyl (C=O) groups is 1. The zero-order valence-corrected chi connectivity index (χ0v) is 11.2. The summed E-state index contributed by atoms with van der Waals surface area (Å²) in [4.78, 5) is 11.6. The fourth-order valence-corrected chi connectivity index (χ4v) is 2.30. The summed E-state index contributed by atoms with van der Waals surface area (Å²) in [6.07, 6.45) is 0.884. The summed E-state index contributed by atoms with van der Waals surface area (Å²) in [5.41, 5.74) is 5.63. The van der Waals surface area contributed by atoms with Crippen molar-refractivity contribution in [1.29, 1.82) is 0 Å². The minimum Gasteiger partial charge on any atom is -0.295 e. The normalized spacial score (nSPS) is 10.4. The largest absolute Gasteiger partial charge is 0.295 e. The first-order chi connectivity index (χ1) is 8.58. The van der Waals surface area contributed by atoms with E-state index in [2.05, 4.69) is 18.2 Å². The first-order valence-corrected chi connectivity index (χ1v) is 6.23. The summed E-state index contributed by atoms with van der Waals surface area (Å²) < 4.78 is 0. The van der Waals surface area contributed by atoms with Crippen LogP contribution in [0.4, 0.5) is 0 Å². The Morgan fingerprint density at radius 2 is 1.72 bits per heavy atom. The van der Waals surface area contributed by atoms with Gasteiger partial charge in [-0.05, 0) is 49.9 Å². The molecule has 0 bridgehead atoms. The van der Waals surface area contributed by atoms with Crippen LogP contribution in [0.2, 0.25) is 0 Å². The number of hydrogen-bond donors (Lipinski definition) is 0. The van der Waals surface area contributed by atoms with Gasteiger partial charge in [-0.3, -0.25) is 4.79 Å². The van der Waals surface area contributed by atoms with Crippen LogP contribution < -0.4 is 0 Å². The number of benzene rings is 2. The quantitative estimate of drug-likeness (QED) is 0.736. The minimum atomic E-state index is 0.144. The molecule has 0 atom stereocenters. The number of hydrogen-bond acceptors (Lipinski definition) is 1. The lowest BCUT2D eigenvalue weighted by Gasteiger charge is -2.11. The van der Waals surface area contributed by atoms with Gasteiger partial charge in [-0.1, -0.05) is 42.0 Å². The number of carbonyl (C=O) groups excluding carboxylic acids is 1. The Kier molecular flexibility index (Phi) is 3.61. The van der Waals surface area contributed by atoms with E-state index >= 15 is 0 Å². The van der Waals surface area contributed by atoms with Gasteiger partial charge in [0.2, 0.25) is 0 Å². The summed E-state index contributed by atoms with van der Waals surface area (Å²) in [5.74, 6) is 0.144. The topological polar surface area (TPSA) is 17.1 Å². The van der Waals surface area contributed by atoms with Crippen LogP contribution in [0.5, 0.6) is 0 Å². The van der Waals surface area contributed by atoms with Crippen LogP contribution in [0.3, 0.4) is 0 Å². The molecule has 0 aliphatic rings. The van der Waals surface area contributed by atoms with Crippen molar-refractivity contribution in [3.63, 3.8) is 0 Å². The molecule has 0 aromatic heterocycles. The van der Waals surface area contributed by atoms with E-state index in [1.165, 1.54) is 11.1 Å². The van der Waals surface area contributed by atoms with Crippen LogP contribution in [-0.4, -0.2) is 5.78 Å². The smallest absolute Gasteiger partial charge is 0.160 e. The third kappa shape index (κ3) is 2.67. The molecule has 0 unspecified atom stereocenters. The summed E-state index contributed by atoms with van der Waals surface area (Å²) >= 11 is 0. The summed E-state index contributed by atoms with van der Waals surface area (Å²) in [6.45, 7) is 5.71. The van der Waals surface area contributed by atoms with Crippen LogP contribution in [0.15, 0.2) is 42.5 Å². The van der Waals surface area contributed by atoms with Crippen molar-refractivity contribution in [2.75, 3.05) is 0 Å². The SMILES string of the molecule is CC(=O)c1cc(C)cc(Cc2ccccc2)c1C. The molecule has 0 aliphatic heterocycles. The summed E-state index contributed by atoms with van der Waals surface area (Å²) in [7, 11) is 0. The molecule has 92 valence electrons. The van der Waals surface area contributed by atoms with E-state index in [9.17, 15) is 4.79 Å². The number of ketones is 1. The molecule has 0 amide bonds. The monoisotopic (exact) mass is 238 g/mol. The van der Waals surface area contributed by atoms with Gasteiger partial charge in [0, 0.05) is 5.56 Å². The van der Waals surface area contributed by atoms with Crippen LogP contribution >= 0.6 is 0 Å². The minimum absolute atomic E-state index is 0.144. The lowest BCUT2D eigenvalue weighted by atomic mass is 9.93. The molecular formula is C17H18O. The van der Waals surface area contributed by atoms with Crippen molar-refractivity contribution >= 4 is 5.78 Å². The molecule has 0 spiro atoms. The van der Waals surface area contributed by atoms with E-state index in [1.807, 2.05) is 38.1 Å². The highest BCUT2D eigenvalue weighted by atomic mass is 16.1. The Morgan fingerprint density at radius 3 is 2.33 bits per heavy atom. The molecule has 18 heavy (non-hydrogen) atoms. The molecule has 1 nitrogen and oxygen atoms in total. The molecule has 1 heteroatoms. The number of rotatable bonds is 3. The molecule has 0 fully saturated rings. The fraction of sp³-hybridized carbons (Fsp3) is 0.235. The second-order valence-corrected chi connectivity index (χ2v) is 4.82. The Morgan fingerprint density at radius 1 is 1.06 bits per heavy atom. The van der Waals surface area contributed by atoms with Crippen molar-refractivity contribution in [1.82, 2.24) is 0 Å². The zero-order chi connectivity index (χ0) is 13.1. The fourth-order valence-electron chi connectivity index (χ4n) is 2.30. The van der Waals surface area contributed by atoms with E-state index in [1.54, 1.807) is 6.92 Å². The molecule has 0 saturated carbocycles. The highest BCUT2D eigenvalue weighted by Gasteiger charge is 2.09. The molecule has 2 aromatic rings. The predicted octanol–water partition coefficient (Wildman–Crippen LogP) is 4.10. The molecule has 2 rings (SSSR count). The first kappa shape index (κ1) is 12.6. The molecule has 0 N–H and O–H groups in total. The second-order valence-electron chi connectivity index (χ2n) is 4.82. The zero-order valence-electron chi connectivity index (χ0n) is 11.2. The lowest BCUT2D eigenvalue weighted by Crippen LogP contribution is -2.02. The van der Waals surface area contributed by atoms with Gasteiger partial charge < -0.3 is 0 Å². The van der Waals surface area contributed by atoms with Crippen molar-refractivity contribution in [3.8, 4) is 0 Å². The van der Waals surface area contributed by atoms with Gasteiger partial charge in [-0.25, -0.2) is 0 Å². The van der Waals surface area contributed by atoms with Crippen LogP contribution in [0.25, 0.3) is 0 Å². The maximum absolute atomic E-state index is 11.6. The Labute approximate surface area is 108 Å². The van der Waals surface area contributed by atoms with Gasteiger partial charge in [-0.2, -0.15) is 0 Å². The molecular weight excluding hydrogens is 220 g/mol. The lowest BCUT2D eigenvalue weighted by molar-refractivity contribution is 0.101. The van der Waals surface area contributed by atoms with Gasteiger partial charge in [0.1, 0.15) is 0 Å². The Bertz CT molecular complexity index is 568. The second kappa shape index (κ2) is 5.18. The third-order valence-corrected chi connectivity index (χ3v) is 3.28. The van der Waals surface area contributed by atoms with E-state index in [0.29, 0.717) is 0 Å². The predicted molar refractivity (Wildman–Crippen MR) is 75.2 cm³/mol. The third-order valence-electron chi connectivity index (χ3n) is 3.28. The van der Waals surface area contributed by atoms with Crippen LogP contribution in [0, 0.1) is 13.8 Å². The van der Waals surface area contributed by atoms with E-state index in [0.717, 1.165) is 23.1 Å². The van der Waals surface area contributed by atoms with Gasteiger partial charge in [0.05, 0.1) is 0 Å². The summed E-state index contributed by atoms with van der Waals surface area (Å²) in [5, 5.41) is 0. The van der Waals surface area contributed by atoms with Crippen LogP contribution in [0.1, 0.15) is 39.5 Å². The highest BCUT2D eigenvalue weighted by molar-refractivity contribution is 5.96. The van der Waals surface area contributed by atoms with Crippen molar-refractivity contribution in [2.45, 2.75) is 27.2 Å². The van der Waals surface area contributed by atoms with E-state index < -0.39 is 0 Å². The molecule has 0 radical (unpaired) electrons. The highest BCUT2D eigenvalue weighted by Crippen LogP contribution is 2.20.